The SMILES string of the molecule is CON1N(C2(N3CCNCC3)C=CC=CC2)C(=O)N(C2(C)CCCC2Sc2nncn2C)C1(c1ccccc1)C1COCO1. The molecular weight excluding hydrogens is 580 g/mol. The van der Waals surface area contributed by atoms with E-state index in [-0.39, 0.29) is 18.1 Å². The van der Waals surface area contributed by atoms with E-state index in [4.69, 9.17) is 14.3 Å². The minimum absolute atomic E-state index is 0.0512. The van der Waals surface area contributed by atoms with Gasteiger partial charge in [0, 0.05) is 44.9 Å². The molecule has 5 unspecified atom stereocenters. The van der Waals surface area contributed by atoms with Gasteiger partial charge < -0.3 is 19.4 Å². The van der Waals surface area contributed by atoms with Crippen LogP contribution in [0.25, 0.3) is 0 Å². The number of rotatable bonds is 8. The third-order valence-corrected chi connectivity index (χ3v) is 11.6. The van der Waals surface area contributed by atoms with Crippen LogP contribution in [0.4, 0.5) is 4.79 Å². The van der Waals surface area contributed by atoms with E-state index in [1.807, 2.05) is 40.0 Å². The van der Waals surface area contributed by atoms with Crippen molar-refractivity contribution in [3.63, 3.8) is 0 Å². The molecular formula is C31H42N8O4S. The number of amides is 2. The predicted molar refractivity (Wildman–Crippen MR) is 165 cm³/mol. The van der Waals surface area contributed by atoms with Crippen LogP contribution < -0.4 is 5.32 Å². The van der Waals surface area contributed by atoms with Crippen LogP contribution in [0.3, 0.4) is 0 Å². The molecule has 1 N–H and O–H groups in total. The van der Waals surface area contributed by atoms with Gasteiger partial charge in [-0.15, -0.1) is 10.2 Å². The Morgan fingerprint density at radius 3 is 2.64 bits per heavy atom. The lowest BCUT2D eigenvalue weighted by molar-refractivity contribution is -0.352. The van der Waals surface area contributed by atoms with Gasteiger partial charge in [-0.3, -0.25) is 14.6 Å². The van der Waals surface area contributed by atoms with Gasteiger partial charge in [0.15, 0.2) is 10.8 Å². The molecule has 5 atom stereocenters. The lowest BCUT2D eigenvalue weighted by atomic mass is 9.86. The van der Waals surface area contributed by atoms with Gasteiger partial charge in [0.05, 0.1) is 19.3 Å². The fourth-order valence-corrected chi connectivity index (χ4v) is 9.21. The Morgan fingerprint density at radius 2 is 1.98 bits per heavy atom. The second-order valence-electron chi connectivity index (χ2n) is 12.3. The number of hydrogen-bond donors (Lipinski definition) is 1. The topological polar surface area (TPSA) is 100 Å². The van der Waals surface area contributed by atoms with Crippen LogP contribution >= 0.6 is 11.8 Å². The van der Waals surface area contributed by atoms with Gasteiger partial charge in [0.2, 0.25) is 0 Å². The average Bonchev–Trinajstić information content (AvgIpc) is 3.86. The predicted octanol–water partition coefficient (Wildman–Crippen LogP) is 3.08. The lowest BCUT2D eigenvalue weighted by Gasteiger charge is -2.53. The molecule has 4 heterocycles. The summed E-state index contributed by atoms with van der Waals surface area (Å²) in [5.74, 6) is 0. The van der Waals surface area contributed by atoms with Crippen LogP contribution in [0.2, 0.25) is 0 Å². The highest BCUT2D eigenvalue weighted by atomic mass is 32.2. The van der Waals surface area contributed by atoms with Gasteiger partial charge in [0.1, 0.15) is 24.9 Å². The summed E-state index contributed by atoms with van der Waals surface area (Å²) >= 11 is 1.69. The van der Waals surface area contributed by atoms with Gasteiger partial charge in [-0.05, 0) is 37.8 Å². The highest BCUT2D eigenvalue weighted by molar-refractivity contribution is 7.99. The molecule has 5 aliphatic rings. The first-order valence-corrected chi connectivity index (χ1v) is 16.4. The zero-order valence-corrected chi connectivity index (χ0v) is 26.5. The summed E-state index contributed by atoms with van der Waals surface area (Å²) in [7, 11) is 3.62. The van der Waals surface area contributed by atoms with Crippen LogP contribution in [0.15, 0.2) is 66.1 Å². The molecule has 1 aromatic carbocycles. The molecule has 0 bridgehead atoms. The van der Waals surface area contributed by atoms with Crippen LogP contribution in [0.5, 0.6) is 0 Å². The maximum Gasteiger partial charge on any atom is 0.340 e. The van der Waals surface area contributed by atoms with Gasteiger partial charge in [-0.2, -0.15) is 0 Å². The number of piperazine rings is 1. The van der Waals surface area contributed by atoms with E-state index in [1.165, 1.54) is 0 Å². The minimum atomic E-state index is -1.16. The Labute approximate surface area is 262 Å². The van der Waals surface area contributed by atoms with E-state index in [1.54, 1.807) is 25.2 Å². The molecule has 12 nitrogen and oxygen atoms in total. The quantitative estimate of drug-likeness (QED) is 0.473. The van der Waals surface area contributed by atoms with Crippen molar-refractivity contribution in [3.05, 3.63) is 66.5 Å². The highest BCUT2D eigenvalue weighted by Gasteiger charge is 2.72. The number of urea groups is 1. The molecule has 1 saturated carbocycles. The highest BCUT2D eigenvalue weighted by Crippen LogP contribution is 2.57. The Bertz CT molecular complexity index is 1400. The average molecular weight is 623 g/mol. The Kier molecular flexibility index (Phi) is 8.06. The van der Waals surface area contributed by atoms with Crippen molar-refractivity contribution in [2.45, 2.75) is 66.0 Å². The first-order valence-electron chi connectivity index (χ1n) is 15.5. The summed E-state index contributed by atoms with van der Waals surface area (Å²) in [6, 6.07) is 10.1. The third kappa shape index (κ3) is 4.47. The number of carbonyl (C=O) groups is 1. The van der Waals surface area contributed by atoms with E-state index >= 15 is 4.79 Å². The fraction of sp³-hybridized carbons (Fsp3) is 0.581. The summed E-state index contributed by atoms with van der Waals surface area (Å²) in [4.78, 5) is 26.6. The van der Waals surface area contributed by atoms with Crippen molar-refractivity contribution in [1.29, 1.82) is 0 Å². The Balaban J connectivity index is 1.45. The maximum absolute atomic E-state index is 15.7. The number of aromatic nitrogens is 3. The van der Waals surface area contributed by atoms with Crippen molar-refractivity contribution in [2.24, 2.45) is 7.05 Å². The molecule has 13 heteroatoms. The van der Waals surface area contributed by atoms with Gasteiger partial charge in [-0.1, -0.05) is 65.5 Å². The molecule has 4 fully saturated rings. The number of aryl methyl sites for hydroxylation is 1. The molecule has 3 saturated heterocycles. The molecule has 0 radical (unpaired) electrons. The molecule has 236 valence electrons. The van der Waals surface area contributed by atoms with Crippen LogP contribution in [0.1, 0.15) is 38.2 Å². The van der Waals surface area contributed by atoms with Crippen molar-refractivity contribution >= 4 is 17.8 Å². The van der Waals surface area contributed by atoms with Gasteiger partial charge in [0.25, 0.3) is 0 Å². The molecule has 2 aliphatic carbocycles. The summed E-state index contributed by atoms with van der Waals surface area (Å²) in [6.45, 7) is 5.97. The van der Waals surface area contributed by atoms with E-state index in [2.05, 4.69) is 68.7 Å². The molecule has 1 aromatic heterocycles. The number of nitrogens with zero attached hydrogens (tertiary/aromatic N) is 7. The number of nitrogens with one attached hydrogen (secondary N) is 1. The molecule has 0 spiro atoms. The van der Waals surface area contributed by atoms with Crippen molar-refractivity contribution in [1.82, 2.24) is 40.1 Å². The largest absolute Gasteiger partial charge is 0.353 e. The van der Waals surface area contributed by atoms with Crippen LogP contribution in [-0.4, -0.2) is 110 Å². The van der Waals surface area contributed by atoms with E-state index < -0.39 is 23.0 Å². The van der Waals surface area contributed by atoms with Gasteiger partial charge >= 0.3 is 6.03 Å². The summed E-state index contributed by atoms with van der Waals surface area (Å²) in [5, 5.41) is 16.6. The molecule has 7 rings (SSSR count). The number of allylic oxidation sites excluding steroid dienone is 2. The van der Waals surface area contributed by atoms with E-state index in [0.717, 1.165) is 56.2 Å². The molecule has 2 amide bonds. The minimum Gasteiger partial charge on any atom is -0.353 e. The zero-order chi connectivity index (χ0) is 30.4. The monoisotopic (exact) mass is 622 g/mol. The molecule has 44 heavy (non-hydrogen) atoms. The number of thioether (sulfide) groups is 1. The smallest absolute Gasteiger partial charge is 0.340 e. The second-order valence-corrected chi connectivity index (χ2v) is 13.5. The van der Waals surface area contributed by atoms with E-state index in [0.29, 0.717) is 13.0 Å². The summed E-state index contributed by atoms with van der Waals surface area (Å²) < 4.78 is 14.3. The van der Waals surface area contributed by atoms with E-state index in [9.17, 15) is 0 Å². The van der Waals surface area contributed by atoms with Crippen molar-refractivity contribution in [2.75, 3.05) is 46.7 Å². The number of hydrazine groups is 1. The Hall–Kier alpha value is -2.78. The standard InChI is InChI=1S/C31H42N8O4S/c1-29(14-10-13-26(29)44-27-34-33-22-35(27)2)37-28(40)38(30(15-8-5-9-16-30)36-19-17-32-18-20-36)39(41-3)31(37,25-21-42-23-43-25)24-11-6-4-7-12-24/h4-9,11-12,15,22,25-26,32H,10,13-14,16-21,23H2,1-3H3. The van der Waals surface area contributed by atoms with Gasteiger partial charge in [-0.25, -0.2) is 9.80 Å². The number of hydrogen-bond acceptors (Lipinski definition) is 10. The molecule has 2 aromatic rings. The normalized spacial score (nSPS) is 34.9. The number of ether oxygens (including phenoxy) is 2. The third-order valence-electron chi connectivity index (χ3n) is 9.96. The first-order chi connectivity index (χ1) is 21.5. The lowest BCUT2D eigenvalue weighted by Crippen LogP contribution is -2.69. The van der Waals surface area contributed by atoms with Crippen LogP contribution in [-0.2, 0) is 27.0 Å². The van der Waals surface area contributed by atoms with Crippen LogP contribution in [0, 0.1) is 0 Å². The maximum atomic E-state index is 15.7. The first kappa shape index (κ1) is 29.9. The van der Waals surface area contributed by atoms with Crippen molar-refractivity contribution in [3.8, 4) is 0 Å². The summed E-state index contributed by atoms with van der Waals surface area (Å²) in [6.07, 6.45) is 13.0. The summed E-state index contributed by atoms with van der Waals surface area (Å²) in [5.41, 5.74) is -1.62. The zero-order valence-electron chi connectivity index (χ0n) is 25.7. The Morgan fingerprint density at radius 1 is 1.16 bits per heavy atom. The number of carbonyl (C=O) groups excluding carboxylic acids is 1. The fourth-order valence-electron chi connectivity index (χ4n) is 7.89. The second kappa shape index (κ2) is 11.9. The van der Waals surface area contributed by atoms with Crippen molar-refractivity contribution < 1.29 is 19.1 Å². The molecule has 3 aliphatic heterocycles. The number of benzene rings is 1. The number of hydroxylamine groups is 1.